The van der Waals surface area contributed by atoms with Crippen LogP contribution in [0.25, 0.3) is 0 Å². The van der Waals surface area contributed by atoms with Crippen LogP contribution in [0, 0.1) is 11.3 Å². The molecule has 31 heavy (non-hydrogen) atoms. The molecule has 0 saturated carbocycles. The first-order valence-corrected chi connectivity index (χ1v) is 11.3. The SMILES string of the molecule is CN1C(=O)N(c2cccc(CF)c2)C2=C(C(=O)CC2)C1c1ccc(C#N)cc1[S+](C)[O-]. The third-order valence-corrected chi connectivity index (χ3v) is 6.67. The van der Waals surface area contributed by atoms with E-state index in [0.29, 0.717) is 45.0 Å². The van der Waals surface area contributed by atoms with Gasteiger partial charge >= 0.3 is 6.03 Å². The summed E-state index contributed by atoms with van der Waals surface area (Å²) in [6.07, 6.45) is 2.17. The minimum atomic E-state index is -1.43. The molecule has 0 saturated heterocycles. The predicted octanol–water partition coefficient (Wildman–Crippen LogP) is 4.00. The third kappa shape index (κ3) is 3.50. The topological polar surface area (TPSA) is 87.5 Å². The highest BCUT2D eigenvalue weighted by Crippen LogP contribution is 2.45. The van der Waals surface area contributed by atoms with Gasteiger partial charge in [0.2, 0.25) is 0 Å². The van der Waals surface area contributed by atoms with E-state index in [2.05, 4.69) is 0 Å². The van der Waals surface area contributed by atoms with Crippen molar-refractivity contribution < 1.29 is 18.5 Å². The Morgan fingerprint density at radius 3 is 2.68 bits per heavy atom. The van der Waals surface area contributed by atoms with Crippen molar-refractivity contribution in [1.29, 1.82) is 5.26 Å². The van der Waals surface area contributed by atoms with Crippen LogP contribution >= 0.6 is 0 Å². The van der Waals surface area contributed by atoms with Gasteiger partial charge < -0.3 is 9.45 Å². The maximum absolute atomic E-state index is 13.4. The zero-order valence-corrected chi connectivity index (χ0v) is 17.9. The molecule has 0 fully saturated rings. The molecule has 0 spiro atoms. The Morgan fingerprint density at radius 1 is 1.23 bits per heavy atom. The summed E-state index contributed by atoms with van der Waals surface area (Å²) in [5.74, 6) is -0.0804. The Balaban J connectivity index is 1.91. The normalized spacial score (nSPS) is 19.5. The van der Waals surface area contributed by atoms with Crippen molar-refractivity contribution in [3.05, 3.63) is 70.4 Å². The number of amides is 2. The van der Waals surface area contributed by atoms with Gasteiger partial charge in [0.15, 0.2) is 10.7 Å². The van der Waals surface area contributed by atoms with E-state index < -0.39 is 23.9 Å². The highest BCUT2D eigenvalue weighted by molar-refractivity contribution is 7.90. The second kappa shape index (κ2) is 8.17. The molecule has 0 radical (unpaired) electrons. The molecule has 2 amide bonds. The van der Waals surface area contributed by atoms with E-state index in [0.717, 1.165) is 0 Å². The quantitative estimate of drug-likeness (QED) is 0.677. The minimum Gasteiger partial charge on any atom is -0.612 e. The number of ketones is 1. The van der Waals surface area contributed by atoms with Gasteiger partial charge in [-0.25, -0.2) is 9.18 Å². The lowest BCUT2D eigenvalue weighted by Gasteiger charge is -2.40. The number of halogens is 1. The molecule has 2 aliphatic rings. The summed E-state index contributed by atoms with van der Waals surface area (Å²) in [6, 6.07) is 12.4. The van der Waals surface area contributed by atoms with Gasteiger partial charge in [0.25, 0.3) is 0 Å². The molecule has 2 aromatic carbocycles. The Labute approximate surface area is 182 Å². The van der Waals surface area contributed by atoms with Crippen LogP contribution in [-0.4, -0.2) is 34.6 Å². The van der Waals surface area contributed by atoms with Gasteiger partial charge in [-0.05, 0) is 41.4 Å². The van der Waals surface area contributed by atoms with Gasteiger partial charge in [-0.15, -0.1) is 0 Å². The monoisotopic (exact) mass is 437 g/mol. The van der Waals surface area contributed by atoms with Crippen molar-refractivity contribution in [2.24, 2.45) is 0 Å². The number of urea groups is 1. The number of allylic oxidation sites excluding steroid dienone is 1. The van der Waals surface area contributed by atoms with Gasteiger partial charge in [-0.3, -0.25) is 9.69 Å². The number of alkyl halides is 1. The molecule has 158 valence electrons. The molecule has 0 bridgehead atoms. The molecule has 1 heterocycles. The summed E-state index contributed by atoms with van der Waals surface area (Å²) >= 11 is -1.43. The number of hydrogen-bond donors (Lipinski definition) is 0. The predicted molar refractivity (Wildman–Crippen MR) is 114 cm³/mol. The molecule has 2 aromatic rings. The molecule has 4 rings (SSSR count). The van der Waals surface area contributed by atoms with Crippen molar-refractivity contribution in [2.45, 2.75) is 30.5 Å². The molecule has 2 unspecified atom stereocenters. The number of hydrogen-bond acceptors (Lipinski definition) is 4. The summed E-state index contributed by atoms with van der Waals surface area (Å²) in [6.45, 7) is -0.657. The number of carbonyl (C=O) groups excluding carboxylic acids is 2. The zero-order valence-electron chi connectivity index (χ0n) is 17.1. The molecule has 1 aliphatic heterocycles. The maximum Gasteiger partial charge on any atom is 0.329 e. The standard InChI is InChI=1S/C23H20FN3O3S/c1-26-22(17-7-6-15(13-25)11-20(17)31(2)30)21-18(8-9-19(21)28)27(23(26)29)16-5-3-4-14(10-16)12-24/h3-7,10-11,22H,8-9,12H2,1-2H3. The molecule has 2 atom stereocenters. The van der Waals surface area contributed by atoms with Crippen LogP contribution in [0.1, 0.15) is 35.6 Å². The van der Waals surface area contributed by atoms with Crippen LogP contribution in [0.4, 0.5) is 14.9 Å². The number of rotatable bonds is 4. The number of carbonyl (C=O) groups is 2. The van der Waals surface area contributed by atoms with Crippen LogP contribution in [-0.2, 0) is 22.6 Å². The fraction of sp³-hybridized carbons (Fsp3) is 0.261. The maximum atomic E-state index is 13.4. The molecule has 1 aliphatic carbocycles. The Bertz CT molecular complexity index is 1150. The van der Waals surface area contributed by atoms with Gasteiger partial charge in [0, 0.05) is 36.4 Å². The highest BCUT2D eigenvalue weighted by atomic mass is 32.2. The summed E-state index contributed by atoms with van der Waals surface area (Å²) in [4.78, 5) is 29.7. The number of anilines is 1. The first-order chi connectivity index (χ1) is 14.9. The Morgan fingerprint density at radius 2 is 2.00 bits per heavy atom. The van der Waals surface area contributed by atoms with E-state index >= 15 is 0 Å². The molecule has 0 N–H and O–H groups in total. The Hall–Kier alpha value is -3.15. The van der Waals surface area contributed by atoms with Crippen LogP contribution in [0.15, 0.2) is 58.6 Å². The van der Waals surface area contributed by atoms with Gasteiger partial charge in [0.05, 0.1) is 23.4 Å². The fourth-order valence-corrected chi connectivity index (χ4v) is 5.07. The average molecular weight is 437 g/mol. The van der Waals surface area contributed by atoms with Gasteiger partial charge in [-0.2, -0.15) is 5.26 Å². The third-order valence-electron chi connectivity index (χ3n) is 5.69. The molecule has 0 aromatic heterocycles. The fourth-order valence-electron chi connectivity index (χ4n) is 4.27. The van der Waals surface area contributed by atoms with Crippen molar-refractivity contribution in [3.63, 3.8) is 0 Å². The van der Waals surface area contributed by atoms with E-state index in [4.69, 9.17) is 0 Å². The molecule has 6 nitrogen and oxygen atoms in total. The van der Waals surface area contributed by atoms with Crippen molar-refractivity contribution >= 4 is 28.7 Å². The van der Waals surface area contributed by atoms with Crippen LogP contribution in [0.5, 0.6) is 0 Å². The Kier molecular flexibility index (Phi) is 5.56. The second-order valence-electron chi connectivity index (χ2n) is 7.54. The number of nitriles is 1. The summed E-state index contributed by atoms with van der Waals surface area (Å²) in [5, 5.41) is 9.22. The minimum absolute atomic E-state index is 0.0804. The van der Waals surface area contributed by atoms with E-state index in [1.807, 2.05) is 6.07 Å². The highest BCUT2D eigenvalue weighted by Gasteiger charge is 2.45. The second-order valence-corrected chi connectivity index (χ2v) is 8.89. The van der Waals surface area contributed by atoms with Gasteiger partial charge in [0.1, 0.15) is 12.9 Å². The molecule has 8 heteroatoms. The molecular weight excluding hydrogens is 417 g/mol. The lowest BCUT2D eigenvalue weighted by molar-refractivity contribution is -0.115. The van der Waals surface area contributed by atoms with E-state index in [1.165, 1.54) is 16.1 Å². The summed E-state index contributed by atoms with van der Waals surface area (Å²) < 4.78 is 25.7. The van der Waals surface area contributed by atoms with E-state index in [1.54, 1.807) is 49.5 Å². The number of Topliss-reactive ketones (excluding diaryl/α,β-unsaturated/α-hetero) is 1. The van der Waals surface area contributed by atoms with Crippen molar-refractivity contribution in [2.75, 3.05) is 18.2 Å². The van der Waals surface area contributed by atoms with Crippen LogP contribution < -0.4 is 4.90 Å². The number of nitrogens with zero attached hydrogens (tertiary/aromatic N) is 3. The lowest BCUT2D eigenvalue weighted by Crippen LogP contribution is -2.48. The van der Waals surface area contributed by atoms with E-state index in [-0.39, 0.29) is 18.2 Å². The van der Waals surface area contributed by atoms with Crippen LogP contribution in [0.2, 0.25) is 0 Å². The van der Waals surface area contributed by atoms with E-state index in [9.17, 15) is 23.8 Å². The smallest absolute Gasteiger partial charge is 0.329 e. The zero-order chi connectivity index (χ0) is 22.3. The average Bonchev–Trinajstić information content (AvgIpc) is 3.15. The number of benzene rings is 2. The summed E-state index contributed by atoms with van der Waals surface area (Å²) in [5.41, 5.74) is 2.94. The van der Waals surface area contributed by atoms with Gasteiger partial charge in [-0.1, -0.05) is 18.2 Å². The molecular formula is C23H20FN3O3S. The number of likely N-dealkylation sites (N-methyl/N-ethyl adjacent to an activating group) is 1. The summed E-state index contributed by atoms with van der Waals surface area (Å²) in [7, 11) is 1.59. The van der Waals surface area contributed by atoms with Crippen molar-refractivity contribution in [1.82, 2.24) is 4.90 Å². The first-order valence-electron chi connectivity index (χ1n) is 9.73. The lowest BCUT2D eigenvalue weighted by atomic mass is 9.92. The largest absolute Gasteiger partial charge is 0.612 e. The van der Waals surface area contributed by atoms with Crippen LogP contribution in [0.3, 0.4) is 0 Å². The van der Waals surface area contributed by atoms with Crippen molar-refractivity contribution in [3.8, 4) is 6.07 Å². The first kappa shape index (κ1) is 21.1.